The SMILES string of the molecule is CC1(C)CN(C(=O)C2CCC2)C2(S1)C(=O)N(Cc1ccccc1)c1ccc(Cl)cc12. The number of hydrogen-bond acceptors (Lipinski definition) is 3. The summed E-state index contributed by atoms with van der Waals surface area (Å²) >= 11 is 7.99. The van der Waals surface area contributed by atoms with Crippen molar-refractivity contribution in [2.24, 2.45) is 5.92 Å². The zero-order chi connectivity index (χ0) is 21.1. The van der Waals surface area contributed by atoms with E-state index in [0.717, 1.165) is 36.1 Å². The third-order valence-electron chi connectivity index (χ3n) is 6.40. The van der Waals surface area contributed by atoms with E-state index in [1.165, 1.54) is 0 Å². The summed E-state index contributed by atoms with van der Waals surface area (Å²) in [6.45, 7) is 5.27. The van der Waals surface area contributed by atoms with Gasteiger partial charge in [0.15, 0.2) is 4.87 Å². The molecule has 1 unspecified atom stereocenters. The number of amides is 2. The van der Waals surface area contributed by atoms with E-state index in [4.69, 9.17) is 11.6 Å². The summed E-state index contributed by atoms with van der Waals surface area (Å²) < 4.78 is -0.225. The second-order valence-electron chi connectivity index (χ2n) is 9.10. The Balaban J connectivity index is 1.64. The fourth-order valence-electron chi connectivity index (χ4n) is 4.79. The van der Waals surface area contributed by atoms with Gasteiger partial charge in [0.2, 0.25) is 5.91 Å². The fraction of sp³-hybridized carbons (Fsp3) is 0.417. The second-order valence-corrected chi connectivity index (χ2v) is 11.4. The Morgan fingerprint density at radius 3 is 2.57 bits per heavy atom. The zero-order valence-corrected chi connectivity index (χ0v) is 18.8. The molecule has 4 nitrogen and oxygen atoms in total. The van der Waals surface area contributed by atoms with Gasteiger partial charge in [0.05, 0.1) is 12.2 Å². The van der Waals surface area contributed by atoms with Crippen molar-refractivity contribution in [3.8, 4) is 0 Å². The zero-order valence-electron chi connectivity index (χ0n) is 17.2. The topological polar surface area (TPSA) is 40.6 Å². The Labute approximate surface area is 186 Å². The van der Waals surface area contributed by atoms with Crippen LogP contribution in [0, 0.1) is 5.92 Å². The maximum absolute atomic E-state index is 14.1. The molecule has 3 aliphatic rings. The highest BCUT2D eigenvalue weighted by atomic mass is 35.5. The van der Waals surface area contributed by atoms with E-state index in [1.807, 2.05) is 58.3 Å². The van der Waals surface area contributed by atoms with Gasteiger partial charge in [0.25, 0.3) is 5.91 Å². The minimum absolute atomic E-state index is 0.0353. The molecule has 2 amide bonds. The molecule has 2 heterocycles. The molecule has 1 spiro atoms. The molecule has 1 atom stereocenters. The van der Waals surface area contributed by atoms with Gasteiger partial charge < -0.3 is 9.80 Å². The Bertz CT molecular complexity index is 1020. The number of thioether (sulfide) groups is 1. The molecular weight excluding hydrogens is 416 g/mol. The average Bonchev–Trinajstić information content (AvgIpc) is 3.08. The standard InChI is InChI=1S/C24H25ClN2O2S/c1-23(2)15-27(21(28)17-9-6-10-17)24(30-23)19-13-18(25)11-12-20(19)26(22(24)29)14-16-7-4-3-5-8-16/h3-5,7-8,11-13,17H,6,9-10,14-15H2,1-2H3. The van der Waals surface area contributed by atoms with Crippen LogP contribution in [0.15, 0.2) is 48.5 Å². The summed E-state index contributed by atoms with van der Waals surface area (Å²) in [5.74, 6) is 0.113. The maximum Gasteiger partial charge on any atom is 0.268 e. The minimum Gasteiger partial charge on any atom is -0.314 e. The number of fused-ring (bicyclic) bond motifs is 2. The number of rotatable bonds is 3. The van der Waals surface area contributed by atoms with E-state index in [0.29, 0.717) is 18.1 Å². The molecule has 30 heavy (non-hydrogen) atoms. The van der Waals surface area contributed by atoms with Crippen LogP contribution in [-0.4, -0.2) is 28.0 Å². The number of halogens is 1. The monoisotopic (exact) mass is 440 g/mol. The number of anilines is 1. The molecule has 0 N–H and O–H groups in total. The molecule has 5 rings (SSSR count). The summed E-state index contributed by atoms with van der Waals surface area (Å²) in [4.78, 5) is 30.3. The van der Waals surface area contributed by atoms with E-state index in [9.17, 15) is 9.59 Å². The molecule has 2 fully saturated rings. The molecule has 0 bridgehead atoms. The third-order valence-corrected chi connectivity index (χ3v) is 8.22. The molecule has 1 saturated heterocycles. The largest absolute Gasteiger partial charge is 0.314 e. The van der Waals surface area contributed by atoms with Crippen LogP contribution >= 0.6 is 23.4 Å². The molecule has 2 aromatic carbocycles. The first-order valence-corrected chi connectivity index (χ1v) is 11.7. The van der Waals surface area contributed by atoms with E-state index in [-0.39, 0.29) is 22.5 Å². The molecule has 6 heteroatoms. The van der Waals surface area contributed by atoms with Gasteiger partial charge in [-0.2, -0.15) is 0 Å². The van der Waals surface area contributed by atoms with E-state index in [2.05, 4.69) is 13.8 Å². The highest BCUT2D eigenvalue weighted by Gasteiger charge is 2.64. The number of carbonyl (C=O) groups is 2. The first-order chi connectivity index (χ1) is 14.3. The molecule has 0 aromatic heterocycles. The average molecular weight is 441 g/mol. The Kier molecular flexibility index (Phi) is 4.67. The van der Waals surface area contributed by atoms with Gasteiger partial charge in [0.1, 0.15) is 0 Å². The lowest BCUT2D eigenvalue weighted by atomic mass is 9.83. The van der Waals surface area contributed by atoms with Gasteiger partial charge in [-0.25, -0.2) is 0 Å². The number of carbonyl (C=O) groups excluding carboxylic acids is 2. The van der Waals surface area contributed by atoms with Crippen molar-refractivity contribution in [2.75, 3.05) is 11.4 Å². The summed E-state index contributed by atoms with van der Waals surface area (Å²) in [6.07, 6.45) is 2.92. The van der Waals surface area contributed by atoms with Crippen molar-refractivity contribution in [1.29, 1.82) is 0 Å². The summed E-state index contributed by atoms with van der Waals surface area (Å²) in [6, 6.07) is 15.6. The van der Waals surface area contributed by atoms with Crippen LogP contribution in [0.1, 0.15) is 44.2 Å². The van der Waals surface area contributed by atoms with Crippen molar-refractivity contribution in [2.45, 2.75) is 49.3 Å². The van der Waals surface area contributed by atoms with Gasteiger partial charge in [-0.1, -0.05) is 48.4 Å². The smallest absolute Gasteiger partial charge is 0.268 e. The van der Waals surface area contributed by atoms with Crippen molar-refractivity contribution in [1.82, 2.24) is 4.90 Å². The molecular formula is C24H25ClN2O2S. The van der Waals surface area contributed by atoms with Crippen LogP contribution in [0.25, 0.3) is 0 Å². The van der Waals surface area contributed by atoms with Crippen LogP contribution in [-0.2, 0) is 21.0 Å². The van der Waals surface area contributed by atoms with Crippen LogP contribution in [0.3, 0.4) is 0 Å². The third kappa shape index (κ3) is 2.97. The van der Waals surface area contributed by atoms with Crippen LogP contribution in [0.4, 0.5) is 5.69 Å². The van der Waals surface area contributed by atoms with Crippen LogP contribution in [0.2, 0.25) is 5.02 Å². The summed E-state index contributed by atoms with van der Waals surface area (Å²) in [5.41, 5.74) is 2.76. The van der Waals surface area contributed by atoms with Crippen molar-refractivity contribution in [3.05, 3.63) is 64.7 Å². The van der Waals surface area contributed by atoms with Crippen LogP contribution in [0.5, 0.6) is 0 Å². The quantitative estimate of drug-likeness (QED) is 0.659. The fourth-order valence-corrected chi connectivity index (χ4v) is 6.69. The lowest BCUT2D eigenvalue weighted by molar-refractivity contribution is -0.146. The lowest BCUT2D eigenvalue weighted by Gasteiger charge is -2.37. The van der Waals surface area contributed by atoms with Gasteiger partial charge in [-0.05, 0) is 50.5 Å². The molecule has 2 aliphatic heterocycles. The Morgan fingerprint density at radius 2 is 1.90 bits per heavy atom. The van der Waals surface area contributed by atoms with Gasteiger partial charge in [-0.3, -0.25) is 9.59 Å². The Hall–Kier alpha value is -1.98. The number of benzene rings is 2. The summed E-state index contributed by atoms with van der Waals surface area (Å²) in [5, 5.41) is 0.587. The summed E-state index contributed by atoms with van der Waals surface area (Å²) in [7, 11) is 0. The molecule has 2 aromatic rings. The van der Waals surface area contributed by atoms with Crippen molar-refractivity contribution in [3.63, 3.8) is 0 Å². The Morgan fingerprint density at radius 1 is 1.17 bits per heavy atom. The van der Waals surface area contributed by atoms with Crippen molar-refractivity contribution >= 4 is 40.9 Å². The van der Waals surface area contributed by atoms with Crippen molar-refractivity contribution < 1.29 is 9.59 Å². The van der Waals surface area contributed by atoms with Gasteiger partial charge in [-0.15, -0.1) is 11.8 Å². The second kappa shape index (κ2) is 7.03. The normalized spacial score (nSPS) is 25.0. The highest BCUT2D eigenvalue weighted by molar-refractivity contribution is 8.02. The predicted molar refractivity (Wildman–Crippen MR) is 121 cm³/mol. The van der Waals surface area contributed by atoms with E-state index < -0.39 is 4.87 Å². The molecule has 1 aliphatic carbocycles. The van der Waals surface area contributed by atoms with Gasteiger partial charge in [0, 0.05) is 27.8 Å². The lowest BCUT2D eigenvalue weighted by Crippen LogP contribution is -2.52. The van der Waals surface area contributed by atoms with Gasteiger partial charge >= 0.3 is 0 Å². The first kappa shape index (κ1) is 20.0. The highest BCUT2D eigenvalue weighted by Crippen LogP contribution is 2.60. The van der Waals surface area contributed by atoms with E-state index in [1.54, 1.807) is 11.8 Å². The van der Waals surface area contributed by atoms with E-state index >= 15 is 0 Å². The van der Waals surface area contributed by atoms with Crippen LogP contribution < -0.4 is 4.90 Å². The predicted octanol–water partition coefficient (Wildman–Crippen LogP) is 5.19. The minimum atomic E-state index is -1.04. The molecule has 0 radical (unpaired) electrons. The first-order valence-electron chi connectivity index (χ1n) is 10.5. The maximum atomic E-state index is 14.1. The number of hydrogen-bond donors (Lipinski definition) is 0. The number of nitrogens with zero attached hydrogens (tertiary/aromatic N) is 2. The molecule has 156 valence electrons. The molecule has 1 saturated carbocycles.